The Morgan fingerprint density at radius 1 is 1.04 bits per heavy atom. The number of hydrogen-bond donors (Lipinski definition) is 0. The molecule has 3 aromatic rings. The molecule has 1 unspecified atom stereocenters. The average molecular weight is 446 g/mol. The van der Waals surface area contributed by atoms with Crippen LogP contribution in [0.25, 0.3) is 0 Å². The largest absolute Gasteiger partial charge is 0.514 e. The highest BCUT2D eigenvalue weighted by molar-refractivity contribution is 6.36. The number of ether oxygens (including phenoxy) is 2. The van der Waals surface area contributed by atoms with Crippen LogP contribution < -0.4 is 4.74 Å². The Kier molecular flexibility index (Phi) is 6.50. The van der Waals surface area contributed by atoms with Crippen molar-refractivity contribution >= 4 is 52.6 Å². The van der Waals surface area contributed by atoms with Gasteiger partial charge in [-0.25, -0.2) is 9.78 Å². The van der Waals surface area contributed by atoms with Crippen LogP contribution in [0.2, 0.25) is 20.1 Å². The van der Waals surface area contributed by atoms with Gasteiger partial charge in [-0.1, -0.05) is 52.5 Å². The summed E-state index contributed by atoms with van der Waals surface area (Å²) in [4.78, 5) is 16.3. The van der Waals surface area contributed by atoms with Gasteiger partial charge in [-0.15, -0.1) is 0 Å². The Labute approximate surface area is 175 Å². The van der Waals surface area contributed by atoms with E-state index in [0.29, 0.717) is 20.6 Å². The maximum absolute atomic E-state index is 12.3. The minimum atomic E-state index is -0.935. The highest BCUT2D eigenvalue weighted by atomic mass is 35.5. The molecule has 0 bridgehead atoms. The Hall–Kier alpha value is -1.92. The fourth-order valence-electron chi connectivity index (χ4n) is 2.34. The van der Waals surface area contributed by atoms with Crippen LogP contribution >= 0.6 is 46.4 Å². The van der Waals surface area contributed by atoms with Gasteiger partial charge < -0.3 is 14.0 Å². The van der Waals surface area contributed by atoms with E-state index in [4.69, 9.17) is 55.9 Å². The Morgan fingerprint density at radius 2 is 1.74 bits per heavy atom. The number of hydrogen-bond acceptors (Lipinski definition) is 4. The summed E-state index contributed by atoms with van der Waals surface area (Å²) < 4.78 is 12.4. The molecule has 0 saturated heterocycles. The molecule has 140 valence electrons. The zero-order valence-corrected chi connectivity index (χ0v) is 16.6. The van der Waals surface area contributed by atoms with Gasteiger partial charge in [0.2, 0.25) is 0 Å². The van der Waals surface area contributed by atoms with E-state index in [1.54, 1.807) is 47.6 Å². The lowest BCUT2D eigenvalue weighted by atomic mass is 10.1. The van der Waals surface area contributed by atoms with Gasteiger partial charge in [0.05, 0.1) is 17.9 Å². The predicted octanol–water partition coefficient (Wildman–Crippen LogP) is 6.45. The standard InChI is InChI=1S/C18H12Cl4N2O3/c19-11-1-3-13(14(21)7-11)17(9-24-6-5-23-10-24)27-18(25)26-16-4-2-12(20)8-15(16)22/h1-8,10,17H,9H2. The maximum atomic E-state index is 12.3. The number of halogens is 4. The second-order valence-electron chi connectivity index (χ2n) is 5.46. The monoisotopic (exact) mass is 444 g/mol. The molecule has 1 aromatic heterocycles. The van der Waals surface area contributed by atoms with Crippen LogP contribution in [0.3, 0.4) is 0 Å². The summed E-state index contributed by atoms with van der Waals surface area (Å²) in [5, 5.41) is 1.45. The van der Waals surface area contributed by atoms with Gasteiger partial charge in [0, 0.05) is 33.0 Å². The molecule has 3 rings (SSSR count). The fraction of sp³-hybridized carbons (Fsp3) is 0.111. The van der Waals surface area contributed by atoms with E-state index in [1.165, 1.54) is 12.1 Å². The van der Waals surface area contributed by atoms with Crippen LogP contribution in [0.4, 0.5) is 4.79 Å². The smallest absolute Gasteiger partial charge is 0.424 e. The number of aromatic nitrogens is 2. The van der Waals surface area contributed by atoms with E-state index < -0.39 is 12.3 Å². The van der Waals surface area contributed by atoms with E-state index in [0.717, 1.165) is 0 Å². The van der Waals surface area contributed by atoms with E-state index in [2.05, 4.69) is 4.98 Å². The van der Waals surface area contributed by atoms with Gasteiger partial charge in [0.15, 0.2) is 5.75 Å². The fourth-order valence-corrected chi connectivity index (χ4v) is 3.31. The lowest BCUT2D eigenvalue weighted by Gasteiger charge is -2.20. The zero-order valence-electron chi connectivity index (χ0n) is 13.6. The van der Waals surface area contributed by atoms with Crippen molar-refractivity contribution in [3.05, 3.63) is 80.8 Å². The molecule has 5 nitrogen and oxygen atoms in total. The minimum absolute atomic E-state index is 0.134. The number of carbonyl (C=O) groups excluding carboxylic acids is 1. The molecule has 9 heteroatoms. The molecule has 0 aliphatic heterocycles. The van der Waals surface area contributed by atoms with Crippen molar-refractivity contribution in [3.63, 3.8) is 0 Å². The van der Waals surface area contributed by atoms with Gasteiger partial charge >= 0.3 is 6.16 Å². The number of benzene rings is 2. The molecule has 0 saturated carbocycles. The van der Waals surface area contributed by atoms with Crippen LogP contribution in [0.5, 0.6) is 5.75 Å². The predicted molar refractivity (Wildman–Crippen MR) is 105 cm³/mol. The summed E-state index contributed by atoms with van der Waals surface area (Å²) in [7, 11) is 0. The summed E-state index contributed by atoms with van der Waals surface area (Å²) in [5.74, 6) is 0.134. The molecule has 0 aliphatic rings. The zero-order chi connectivity index (χ0) is 19.4. The lowest BCUT2D eigenvalue weighted by Crippen LogP contribution is -2.19. The summed E-state index contributed by atoms with van der Waals surface area (Å²) in [6.45, 7) is 0.283. The first kappa shape index (κ1) is 19.8. The number of rotatable bonds is 5. The van der Waals surface area contributed by atoms with E-state index in [9.17, 15) is 4.79 Å². The van der Waals surface area contributed by atoms with Crippen molar-refractivity contribution in [2.45, 2.75) is 12.6 Å². The number of imidazole rings is 1. The molecule has 0 radical (unpaired) electrons. The maximum Gasteiger partial charge on any atom is 0.514 e. The molecule has 0 N–H and O–H groups in total. The summed E-state index contributed by atoms with van der Waals surface area (Å²) >= 11 is 24.1. The van der Waals surface area contributed by atoms with Gasteiger partial charge in [0.25, 0.3) is 0 Å². The minimum Gasteiger partial charge on any atom is -0.424 e. The molecule has 0 amide bonds. The third-order valence-electron chi connectivity index (χ3n) is 3.57. The number of nitrogens with zero attached hydrogens (tertiary/aromatic N) is 2. The second-order valence-corrected chi connectivity index (χ2v) is 7.15. The highest BCUT2D eigenvalue weighted by Gasteiger charge is 2.22. The van der Waals surface area contributed by atoms with Crippen LogP contribution in [-0.4, -0.2) is 15.7 Å². The SMILES string of the molecule is O=C(Oc1ccc(Cl)cc1Cl)OC(Cn1ccnc1)c1ccc(Cl)cc1Cl. The molecule has 1 heterocycles. The average Bonchev–Trinajstić information content (AvgIpc) is 3.10. The lowest BCUT2D eigenvalue weighted by molar-refractivity contribution is 0.0501. The molecule has 0 aliphatic carbocycles. The van der Waals surface area contributed by atoms with Crippen molar-refractivity contribution in [3.8, 4) is 5.75 Å². The summed E-state index contributed by atoms with van der Waals surface area (Å²) in [6, 6.07) is 9.42. The molecule has 0 spiro atoms. The van der Waals surface area contributed by atoms with Crippen LogP contribution in [0, 0.1) is 0 Å². The second kappa shape index (κ2) is 8.85. The van der Waals surface area contributed by atoms with Crippen LogP contribution in [0.1, 0.15) is 11.7 Å². The Bertz CT molecular complexity index is 948. The molecular weight excluding hydrogens is 434 g/mol. The van der Waals surface area contributed by atoms with Crippen molar-refractivity contribution in [2.75, 3.05) is 0 Å². The highest BCUT2D eigenvalue weighted by Crippen LogP contribution is 2.31. The molecule has 27 heavy (non-hydrogen) atoms. The first-order valence-electron chi connectivity index (χ1n) is 7.66. The quantitative estimate of drug-likeness (QED) is 0.334. The van der Waals surface area contributed by atoms with Gasteiger partial charge in [0.1, 0.15) is 6.10 Å². The van der Waals surface area contributed by atoms with Crippen molar-refractivity contribution in [1.82, 2.24) is 9.55 Å². The molecule has 0 fully saturated rings. The van der Waals surface area contributed by atoms with Crippen LogP contribution in [-0.2, 0) is 11.3 Å². The van der Waals surface area contributed by atoms with E-state index in [-0.39, 0.29) is 17.3 Å². The third kappa shape index (κ3) is 5.30. The van der Waals surface area contributed by atoms with Crippen molar-refractivity contribution < 1.29 is 14.3 Å². The molecule has 1 atom stereocenters. The first-order chi connectivity index (χ1) is 12.9. The van der Waals surface area contributed by atoms with E-state index >= 15 is 0 Å². The normalized spacial score (nSPS) is 11.9. The number of carbonyl (C=O) groups is 1. The van der Waals surface area contributed by atoms with Crippen molar-refractivity contribution in [1.29, 1.82) is 0 Å². The van der Waals surface area contributed by atoms with Gasteiger partial charge in [-0.3, -0.25) is 0 Å². The van der Waals surface area contributed by atoms with Crippen molar-refractivity contribution in [2.24, 2.45) is 0 Å². The topological polar surface area (TPSA) is 53.4 Å². The molecule has 2 aromatic carbocycles. The van der Waals surface area contributed by atoms with E-state index in [1.807, 2.05) is 0 Å². The third-order valence-corrected chi connectivity index (χ3v) is 4.66. The summed E-state index contributed by atoms with van der Waals surface area (Å²) in [5.41, 5.74) is 0.578. The molecular formula is C18H12Cl4N2O3. The van der Waals surface area contributed by atoms with Gasteiger partial charge in [-0.05, 0) is 30.3 Å². The first-order valence-corrected chi connectivity index (χ1v) is 9.18. The Balaban J connectivity index is 1.81. The summed E-state index contributed by atoms with van der Waals surface area (Å²) in [6.07, 6.45) is 3.29. The van der Waals surface area contributed by atoms with Crippen LogP contribution in [0.15, 0.2) is 55.1 Å². The Morgan fingerprint density at radius 3 is 2.37 bits per heavy atom. The van der Waals surface area contributed by atoms with Gasteiger partial charge in [-0.2, -0.15) is 0 Å².